The van der Waals surface area contributed by atoms with Crippen molar-refractivity contribution in [3.05, 3.63) is 41.2 Å². The zero-order valence-electron chi connectivity index (χ0n) is 12.9. The van der Waals surface area contributed by atoms with Crippen molar-refractivity contribution in [1.29, 1.82) is 0 Å². The van der Waals surface area contributed by atoms with Crippen LogP contribution < -0.4 is 14.8 Å². The lowest BCUT2D eigenvalue weighted by molar-refractivity contribution is 0.0935. The number of amides is 1. The van der Waals surface area contributed by atoms with Crippen molar-refractivity contribution in [2.45, 2.75) is 33.4 Å². The molecular weight excluding hydrogens is 282 g/mol. The maximum Gasteiger partial charge on any atom is 0.251 e. The molecule has 1 aromatic heterocycles. The van der Waals surface area contributed by atoms with Crippen molar-refractivity contribution < 1.29 is 14.3 Å². The van der Waals surface area contributed by atoms with Gasteiger partial charge < -0.3 is 14.8 Å². The number of aryl methyl sites for hydroxylation is 2. The average molecular weight is 301 g/mol. The van der Waals surface area contributed by atoms with Crippen molar-refractivity contribution in [2.24, 2.45) is 0 Å². The van der Waals surface area contributed by atoms with E-state index in [4.69, 9.17) is 9.47 Å². The van der Waals surface area contributed by atoms with Gasteiger partial charge in [-0.15, -0.1) is 0 Å². The Morgan fingerprint density at radius 3 is 2.82 bits per heavy atom. The Kier molecular flexibility index (Phi) is 3.75. The number of nitrogens with zero attached hydrogens (tertiary/aromatic N) is 2. The summed E-state index contributed by atoms with van der Waals surface area (Å²) in [4.78, 5) is 12.3. The summed E-state index contributed by atoms with van der Waals surface area (Å²) in [7, 11) is 0. The maximum atomic E-state index is 12.3. The minimum Gasteiger partial charge on any atom is -0.454 e. The molecule has 0 bridgehead atoms. The number of fused-ring (bicyclic) bond motifs is 1. The Labute approximate surface area is 129 Å². The molecule has 2 aromatic rings. The normalized spacial score (nSPS) is 14.0. The van der Waals surface area contributed by atoms with E-state index in [2.05, 4.69) is 10.4 Å². The lowest BCUT2D eigenvalue weighted by Gasteiger charge is -2.15. The van der Waals surface area contributed by atoms with Crippen LogP contribution in [-0.2, 0) is 6.54 Å². The Bertz CT molecular complexity index is 709. The third-order valence-electron chi connectivity index (χ3n) is 3.56. The smallest absolute Gasteiger partial charge is 0.251 e. The number of benzene rings is 1. The standard InChI is InChI=1S/C16H19N3O3/c1-10-6-12(3)19(18-10)8-11(2)17-16(20)13-4-5-14-15(7-13)22-9-21-14/h4-7,11H,8-9H2,1-3H3,(H,17,20)/t11-/m0/s1. The molecule has 0 radical (unpaired) electrons. The predicted molar refractivity (Wildman–Crippen MR) is 81.2 cm³/mol. The molecule has 6 nitrogen and oxygen atoms in total. The number of aromatic nitrogens is 2. The highest BCUT2D eigenvalue weighted by Gasteiger charge is 2.17. The fraction of sp³-hybridized carbons (Fsp3) is 0.375. The highest BCUT2D eigenvalue weighted by molar-refractivity contribution is 5.95. The van der Waals surface area contributed by atoms with E-state index < -0.39 is 0 Å². The van der Waals surface area contributed by atoms with Gasteiger partial charge in [0.05, 0.1) is 12.2 Å². The molecule has 1 aliphatic rings. The summed E-state index contributed by atoms with van der Waals surface area (Å²) in [6.07, 6.45) is 0. The van der Waals surface area contributed by atoms with E-state index in [1.54, 1.807) is 18.2 Å². The van der Waals surface area contributed by atoms with Gasteiger partial charge in [-0.3, -0.25) is 9.48 Å². The predicted octanol–water partition coefficient (Wildman–Crippen LogP) is 2.05. The second-order valence-corrected chi connectivity index (χ2v) is 5.55. The Hall–Kier alpha value is -2.50. The van der Waals surface area contributed by atoms with E-state index in [1.807, 2.05) is 31.5 Å². The van der Waals surface area contributed by atoms with Crippen molar-refractivity contribution in [1.82, 2.24) is 15.1 Å². The summed E-state index contributed by atoms with van der Waals surface area (Å²) in [6, 6.07) is 7.18. The van der Waals surface area contributed by atoms with Crippen LogP contribution >= 0.6 is 0 Å². The van der Waals surface area contributed by atoms with Crippen LogP contribution in [0.25, 0.3) is 0 Å². The summed E-state index contributed by atoms with van der Waals surface area (Å²) in [5.41, 5.74) is 2.62. The van der Waals surface area contributed by atoms with Crippen LogP contribution in [0.15, 0.2) is 24.3 Å². The van der Waals surface area contributed by atoms with Crippen LogP contribution in [0, 0.1) is 13.8 Å². The van der Waals surface area contributed by atoms with Crippen LogP contribution in [0.4, 0.5) is 0 Å². The number of hydrogen-bond donors (Lipinski definition) is 1. The molecule has 1 aromatic carbocycles. The van der Waals surface area contributed by atoms with Gasteiger partial charge in [0, 0.05) is 17.3 Å². The van der Waals surface area contributed by atoms with Crippen molar-refractivity contribution in [3.8, 4) is 11.5 Å². The molecule has 1 aliphatic heterocycles. The zero-order valence-corrected chi connectivity index (χ0v) is 12.9. The molecule has 22 heavy (non-hydrogen) atoms. The summed E-state index contributed by atoms with van der Waals surface area (Å²) in [5.74, 6) is 1.15. The van der Waals surface area contributed by atoms with Crippen molar-refractivity contribution in [3.63, 3.8) is 0 Å². The van der Waals surface area contributed by atoms with Gasteiger partial charge in [-0.25, -0.2) is 0 Å². The SMILES string of the molecule is Cc1cc(C)n(C[C@H](C)NC(=O)c2ccc3c(c2)OCO3)n1. The third kappa shape index (κ3) is 2.90. The lowest BCUT2D eigenvalue weighted by atomic mass is 10.1. The van der Waals surface area contributed by atoms with Crippen LogP contribution in [0.1, 0.15) is 28.7 Å². The molecule has 0 unspecified atom stereocenters. The van der Waals surface area contributed by atoms with Gasteiger partial charge in [-0.2, -0.15) is 5.10 Å². The van der Waals surface area contributed by atoms with E-state index in [1.165, 1.54) is 0 Å². The maximum absolute atomic E-state index is 12.3. The molecule has 0 saturated carbocycles. The Morgan fingerprint density at radius 1 is 1.32 bits per heavy atom. The number of ether oxygens (including phenoxy) is 2. The van der Waals surface area contributed by atoms with Gasteiger partial charge in [-0.05, 0) is 45.0 Å². The minimum absolute atomic E-state index is 0.0316. The first-order chi connectivity index (χ1) is 10.5. The average Bonchev–Trinajstić information content (AvgIpc) is 3.04. The van der Waals surface area contributed by atoms with Gasteiger partial charge in [0.15, 0.2) is 11.5 Å². The van der Waals surface area contributed by atoms with Gasteiger partial charge in [0.25, 0.3) is 5.91 Å². The summed E-state index contributed by atoms with van der Waals surface area (Å²) in [5, 5.41) is 7.38. The summed E-state index contributed by atoms with van der Waals surface area (Å²) in [6.45, 7) is 6.76. The van der Waals surface area contributed by atoms with Crippen LogP contribution in [-0.4, -0.2) is 28.5 Å². The second-order valence-electron chi connectivity index (χ2n) is 5.55. The molecule has 0 aliphatic carbocycles. The van der Waals surface area contributed by atoms with Crippen molar-refractivity contribution in [2.75, 3.05) is 6.79 Å². The van der Waals surface area contributed by atoms with E-state index in [0.29, 0.717) is 23.6 Å². The van der Waals surface area contributed by atoms with E-state index in [-0.39, 0.29) is 18.7 Å². The number of rotatable bonds is 4. The van der Waals surface area contributed by atoms with Crippen LogP contribution in [0.2, 0.25) is 0 Å². The summed E-state index contributed by atoms with van der Waals surface area (Å²) >= 11 is 0. The topological polar surface area (TPSA) is 65.4 Å². The van der Waals surface area contributed by atoms with Gasteiger partial charge in [-0.1, -0.05) is 0 Å². The molecule has 0 fully saturated rings. The van der Waals surface area contributed by atoms with Gasteiger partial charge in [0.1, 0.15) is 0 Å². The summed E-state index contributed by atoms with van der Waals surface area (Å²) < 4.78 is 12.4. The van der Waals surface area contributed by atoms with E-state index >= 15 is 0 Å². The zero-order chi connectivity index (χ0) is 15.7. The fourth-order valence-corrected chi connectivity index (χ4v) is 2.51. The number of carbonyl (C=O) groups is 1. The molecule has 3 rings (SSSR count). The highest BCUT2D eigenvalue weighted by atomic mass is 16.7. The first kappa shape index (κ1) is 14.4. The quantitative estimate of drug-likeness (QED) is 0.938. The monoisotopic (exact) mass is 301 g/mol. The highest BCUT2D eigenvalue weighted by Crippen LogP contribution is 2.32. The minimum atomic E-state index is -0.132. The number of carbonyl (C=O) groups excluding carboxylic acids is 1. The molecule has 2 heterocycles. The van der Waals surface area contributed by atoms with Crippen LogP contribution in [0.3, 0.4) is 0 Å². The largest absolute Gasteiger partial charge is 0.454 e. The second kappa shape index (κ2) is 5.71. The Balaban J connectivity index is 1.65. The van der Waals surface area contributed by atoms with Gasteiger partial charge >= 0.3 is 0 Å². The Morgan fingerprint density at radius 2 is 2.09 bits per heavy atom. The van der Waals surface area contributed by atoms with Crippen LogP contribution in [0.5, 0.6) is 11.5 Å². The molecule has 6 heteroatoms. The van der Waals surface area contributed by atoms with E-state index in [0.717, 1.165) is 11.4 Å². The molecule has 1 atom stereocenters. The molecule has 1 N–H and O–H groups in total. The first-order valence-corrected chi connectivity index (χ1v) is 7.24. The molecule has 116 valence electrons. The molecule has 0 saturated heterocycles. The molecule has 0 spiro atoms. The van der Waals surface area contributed by atoms with Crippen molar-refractivity contribution >= 4 is 5.91 Å². The lowest BCUT2D eigenvalue weighted by Crippen LogP contribution is -2.36. The molecule has 1 amide bonds. The third-order valence-corrected chi connectivity index (χ3v) is 3.56. The van der Waals surface area contributed by atoms with E-state index in [9.17, 15) is 4.79 Å². The number of hydrogen-bond acceptors (Lipinski definition) is 4. The fourth-order valence-electron chi connectivity index (χ4n) is 2.51. The molecular formula is C16H19N3O3. The number of nitrogens with one attached hydrogen (secondary N) is 1. The van der Waals surface area contributed by atoms with Gasteiger partial charge in [0.2, 0.25) is 6.79 Å². The first-order valence-electron chi connectivity index (χ1n) is 7.24.